The number of ether oxygens (including phenoxy) is 6. The highest BCUT2D eigenvalue weighted by molar-refractivity contribution is 5.68. The first-order valence-corrected chi connectivity index (χ1v) is 8.86. The maximum atomic E-state index is 11.7. The molecule has 0 saturated carbocycles. The van der Waals surface area contributed by atoms with Gasteiger partial charge < -0.3 is 28.4 Å². The molecule has 0 aromatic heterocycles. The highest BCUT2D eigenvalue weighted by Crippen LogP contribution is 2.30. The molecular formula is C18H25NO10. The molecule has 162 valence electrons. The van der Waals surface area contributed by atoms with E-state index in [2.05, 4.69) is 0 Å². The first kappa shape index (κ1) is 24.3. The van der Waals surface area contributed by atoms with Crippen LogP contribution in [-0.2, 0) is 47.6 Å². The molecule has 0 bridgehead atoms. The summed E-state index contributed by atoms with van der Waals surface area (Å²) in [5.74, 6) is -3.30. The molecule has 0 aromatic rings. The summed E-state index contributed by atoms with van der Waals surface area (Å²) in [6, 6.07) is 1.98. The van der Waals surface area contributed by atoms with E-state index in [1.165, 1.54) is 6.92 Å². The van der Waals surface area contributed by atoms with E-state index >= 15 is 0 Å². The van der Waals surface area contributed by atoms with Crippen molar-refractivity contribution in [1.29, 1.82) is 5.26 Å². The van der Waals surface area contributed by atoms with E-state index in [-0.39, 0.29) is 13.2 Å². The highest BCUT2D eigenvalue weighted by atomic mass is 16.7. The molecule has 0 aromatic carbocycles. The smallest absolute Gasteiger partial charge is 0.303 e. The maximum Gasteiger partial charge on any atom is 0.303 e. The minimum atomic E-state index is -1.29. The third-order valence-corrected chi connectivity index (χ3v) is 3.68. The van der Waals surface area contributed by atoms with Gasteiger partial charge in [-0.2, -0.15) is 5.26 Å². The summed E-state index contributed by atoms with van der Waals surface area (Å²) in [4.78, 5) is 46.1. The summed E-state index contributed by atoms with van der Waals surface area (Å²) in [7, 11) is 0. The molecule has 0 N–H and O–H groups in total. The van der Waals surface area contributed by atoms with Gasteiger partial charge in [-0.05, 0) is 6.92 Å². The van der Waals surface area contributed by atoms with E-state index < -0.39 is 60.5 Å². The number of hydrogen-bond donors (Lipinski definition) is 0. The van der Waals surface area contributed by atoms with Gasteiger partial charge in [0.1, 0.15) is 12.7 Å². The Labute approximate surface area is 168 Å². The summed E-state index contributed by atoms with van der Waals surface area (Å²) in [5, 5.41) is 8.94. The highest BCUT2D eigenvalue weighted by Gasteiger charge is 2.52. The second kappa shape index (κ2) is 11.3. The lowest BCUT2D eigenvalue weighted by Crippen LogP contribution is -2.63. The van der Waals surface area contributed by atoms with Gasteiger partial charge in [-0.25, -0.2) is 0 Å². The average molecular weight is 415 g/mol. The van der Waals surface area contributed by atoms with Crippen molar-refractivity contribution in [3.05, 3.63) is 0 Å². The van der Waals surface area contributed by atoms with Crippen LogP contribution in [0.15, 0.2) is 0 Å². The van der Waals surface area contributed by atoms with Gasteiger partial charge in [-0.15, -0.1) is 0 Å². The van der Waals surface area contributed by atoms with Crippen LogP contribution >= 0.6 is 0 Å². The SMILES string of the molecule is CC(=O)OC[C@H]1O[C@@H](OCC(C)C#N)[C@H](OC(C)=O)[C@@H](OC(C)=O)[C@@H]1OC(C)=O. The van der Waals surface area contributed by atoms with Crippen LogP contribution in [0.25, 0.3) is 0 Å². The van der Waals surface area contributed by atoms with Crippen LogP contribution in [0, 0.1) is 17.2 Å². The molecule has 1 rings (SSSR count). The Kier molecular flexibility index (Phi) is 9.50. The van der Waals surface area contributed by atoms with Gasteiger partial charge in [0, 0.05) is 27.7 Å². The Hall–Kier alpha value is -2.71. The molecule has 1 fully saturated rings. The minimum absolute atomic E-state index is 0.0791. The van der Waals surface area contributed by atoms with E-state index in [0.29, 0.717) is 0 Å². The van der Waals surface area contributed by atoms with Crippen molar-refractivity contribution in [2.45, 2.75) is 65.3 Å². The monoisotopic (exact) mass is 415 g/mol. The molecule has 1 unspecified atom stereocenters. The van der Waals surface area contributed by atoms with Crippen LogP contribution in [0.5, 0.6) is 0 Å². The van der Waals surface area contributed by atoms with Crippen molar-refractivity contribution in [3.8, 4) is 6.07 Å². The van der Waals surface area contributed by atoms with Gasteiger partial charge in [-0.3, -0.25) is 19.2 Å². The summed E-state index contributed by atoms with van der Waals surface area (Å²) >= 11 is 0. The predicted octanol–water partition coefficient (Wildman–Crippen LogP) is 0.246. The third kappa shape index (κ3) is 8.05. The largest absolute Gasteiger partial charge is 0.463 e. The summed E-state index contributed by atoms with van der Waals surface area (Å²) in [6.45, 7) is 5.75. The van der Waals surface area contributed by atoms with Crippen molar-refractivity contribution >= 4 is 23.9 Å². The van der Waals surface area contributed by atoms with Crippen LogP contribution in [0.2, 0.25) is 0 Å². The van der Waals surface area contributed by atoms with Crippen molar-refractivity contribution in [3.63, 3.8) is 0 Å². The number of carbonyl (C=O) groups excluding carboxylic acids is 4. The quantitative estimate of drug-likeness (QED) is 0.397. The van der Waals surface area contributed by atoms with Gasteiger partial charge in [0.2, 0.25) is 0 Å². The number of nitriles is 1. The number of esters is 4. The zero-order valence-corrected chi connectivity index (χ0v) is 16.9. The van der Waals surface area contributed by atoms with E-state index in [4.69, 9.17) is 33.7 Å². The van der Waals surface area contributed by atoms with Crippen molar-refractivity contribution < 1.29 is 47.6 Å². The van der Waals surface area contributed by atoms with E-state index in [9.17, 15) is 19.2 Å². The molecule has 0 spiro atoms. The van der Waals surface area contributed by atoms with Gasteiger partial charge >= 0.3 is 23.9 Å². The van der Waals surface area contributed by atoms with Gasteiger partial charge in [0.25, 0.3) is 0 Å². The first-order valence-electron chi connectivity index (χ1n) is 8.86. The lowest BCUT2D eigenvalue weighted by atomic mass is 9.98. The zero-order valence-electron chi connectivity index (χ0n) is 16.9. The molecule has 29 heavy (non-hydrogen) atoms. The molecule has 0 amide bonds. The standard InChI is InChI=1S/C18H25NO10/c1-9(6-19)7-25-18-17(28-13(5)23)16(27-12(4)22)15(26-11(3)21)14(29-18)8-24-10(2)20/h9,14-18H,7-8H2,1-5H3/t9?,14-,15-,16+,17-,18-/m1/s1. The predicted molar refractivity (Wildman–Crippen MR) is 92.7 cm³/mol. The Morgan fingerprint density at radius 2 is 1.41 bits per heavy atom. The van der Waals surface area contributed by atoms with Crippen molar-refractivity contribution in [1.82, 2.24) is 0 Å². The Bertz CT molecular complexity index is 658. The molecular weight excluding hydrogens is 390 g/mol. The van der Waals surface area contributed by atoms with Crippen LogP contribution < -0.4 is 0 Å². The fraction of sp³-hybridized carbons (Fsp3) is 0.722. The number of rotatable bonds is 8. The van der Waals surface area contributed by atoms with Crippen molar-refractivity contribution in [2.75, 3.05) is 13.2 Å². The van der Waals surface area contributed by atoms with E-state index in [1.54, 1.807) is 6.92 Å². The van der Waals surface area contributed by atoms with Gasteiger partial charge in [0.15, 0.2) is 24.6 Å². The second-order valence-corrected chi connectivity index (χ2v) is 6.43. The van der Waals surface area contributed by atoms with Crippen molar-refractivity contribution in [2.24, 2.45) is 5.92 Å². The second-order valence-electron chi connectivity index (χ2n) is 6.43. The van der Waals surface area contributed by atoms with Crippen LogP contribution in [-0.4, -0.2) is 67.8 Å². The maximum absolute atomic E-state index is 11.7. The third-order valence-electron chi connectivity index (χ3n) is 3.68. The molecule has 11 heteroatoms. The molecule has 0 aliphatic carbocycles. The van der Waals surface area contributed by atoms with E-state index in [1.807, 2.05) is 6.07 Å². The van der Waals surface area contributed by atoms with E-state index in [0.717, 1.165) is 20.8 Å². The van der Waals surface area contributed by atoms with Gasteiger partial charge in [0.05, 0.1) is 18.6 Å². The Balaban J connectivity index is 3.26. The van der Waals surface area contributed by atoms with Crippen LogP contribution in [0.4, 0.5) is 0 Å². The zero-order chi connectivity index (χ0) is 22.1. The fourth-order valence-electron chi connectivity index (χ4n) is 2.60. The normalized spacial score (nSPS) is 27.1. The Morgan fingerprint density at radius 1 is 0.897 bits per heavy atom. The fourth-order valence-corrected chi connectivity index (χ4v) is 2.60. The summed E-state index contributed by atoms with van der Waals surface area (Å²) in [6.07, 6.45) is -6.18. The lowest BCUT2D eigenvalue weighted by Gasteiger charge is -2.44. The molecule has 1 heterocycles. The molecule has 1 aliphatic rings. The lowest BCUT2D eigenvalue weighted by molar-refractivity contribution is -0.309. The minimum Gasteiger partial charge on any atom is -0.463 e. The van der Waals surface area contributed by atoms with Crippen LogP contribution in [0.1, 0.15) is 34.6 Å². The number of hydrogen-bond acceptors (Lipinski definition) is 11. The molecule has 11 nitrogen and oxygen atoms in total. The molecule has 1 saturated heterocycles. The molecule has 1 aliphatic heterocycles. The Morgan fingerprint density at radius 3 is 1.90 bits per heavy atom. The summed E-state index contributed by atoms with van der Waals surface area (Å²) < 4.78 is 31.9. The topological polar surface area (TPSA) is 147 Å². The molecule has 0 radical (unpaired) electrons. The van der Waals surface area contributed by atoms with Crippen LogP contribution in [0.3, 0.4) is 0 Å². The average Bonchev–Trinajstić information content (AvgIpc) is 2.60. The molecule has 6 atom stereocenters. The number of nitrogens with zero attached hydrogens (tertiary/aromatic N) is 1. The summed E-state index contributed by atoms with van der Waals surface area (Å²) in [5.41, 5.74) is 0. The van der Waals surface area contributed by atoms with Gasteiger partial charge in [-0.1, -0.05) is 0 Å². The first-order chi connectivity index (χ1) is 13.5. The number of carbonyl (C=O) groups is 4.